The number of ether oxygens (including phenoxy) is 1. The highest BCUT2D eigenvalue weighted by molar-refractivity contribution is 7.99. The van der Waals surface area contributed by atoms with Crippen LogP contribution < -0.4 is 5.32 Å². The van der Waals surface area contributed by atoms with E-state index in [1.807, 2.05) is 0 Å². The fraction of sp³-hybridized carbons (Fsp3) is 1.00. The molecule has 1 fully saturated rings. The van der Waals surface area contributed by atoms with Gasteiger partial charge in [0.1, 0.15) is 0 Å². The number of rotatable bonds is 9. The SMILES string of the molecule is CCCNCC1(CCCSCC)CCOC1C. The molecule has 2 unspecified atom stereocenters. The zero-order valence-electron chi connectivity index (χ0n) is 11.8. The summed E-state index contributed by atoms with van der Waals surface area (Å²) in [6.07, 6.45) is 5.54. The Hall–Kier alpha value is 0.270. The van der Waals surface area contributed by atoms with Gasteiger partial charge in [-0.15, -0.1) is 0 Å². The van der Waals surface area contributed by atoms with E-state index in [0.29, 0.717) is 11.5 Å². The molecule has 0 radical (unpaired) electrons. The molecular formula is C14H29NOS. The van der Waals surface area contributed by atoms with Crippen molar-refractivity contribution in [3.63, 3.8) is 0 Å². The summed E-state index contributed by atoms with van der Waals surface area (Å²) >= 11 is 2.06. The zero-order chi connectivity index (χ0) is 12.6. The second-order valence-electron chi connectivity index (χ2n) is 5.10. The van der Waals surface area contributed by atoms with Crippen molar-refractivity contribution in [2.24, 2.45) is 5.41 Å². The molecule has 0 spiro atoms. The predicted molar refractivity (Wildman–Crippen MR) is 77.9 cm³/mol. The molecule has 1 heterocycles. The van der Waals surface area contributed by atoms with Crippen molar-refractivity contribution >= 4 is 11.8 Å². The molecule has 0 bridgehead atoms. The van der Waals surface area contributed by atoms with E-state index in [1.54, 1.807) is 0 Å². The maximum absolute atomic E-state index is 5.81. The topological polar surface area (TPSA) is 21.3 Å². The molecule has 0 aromatic rings. The summed E-state index contributed by atoms with van der Waals surface area (Å²) in [6.45, 7) is 9.96. The summed E-state index contributed by atoms with van der Waals surface area (Å²) in [5.41, 5.74) is 0.406. The molecule has 1 aliphatic heterocycles. The van der Waals surface area contributed by atoms with Gasteiger partial charge in [0.25, 0.3) is 0 Å². The summed E-state index contributed by atoms with van der Waals surface area (Å²) in [5, 5.41) is 3.60. The Morgan fingerprint density at radius 1 is 1.41 bits per heavy atom. The largest absolute Gasteiger partial charge is 0.378 e. The fourth-order valence-corrected chi connectivity index (χ4v) is 3.29. The first-order valence-corrected chi connectivity index (χ1v) is 8.30. The molecule has 0 aromatic heterocycles. The fourth-order valence-electron chi connectivity index (χ4n) is 2.65. The normalized spacial score (nSPS) is 28.8. The quantitative estimate of drug-likeness (QED) is 0.642. The van der Waals surface area contributed by atoms with E-state index in [-0.39, 0.29) is 0 Å². The van der Waals surface area contributed by atoms with Gasteiger partial charge in [0.05, 0.1) is 6.10 Å². The van der Waals surface area contributed by atoms with Crippen molar-refractivity contribution in [3.8, 4) is 0 Å². The summed E-state index contributed by atoms with van der Waals surface area (Å²) in [6, 6.07) is 0. The van der Waals surface area contributed by atoms with E-state index in [4.69, 9.17) is 4.74 Å². The maximum Gasteiger partial charge on any atom is 0.0616 e. The highest BCUT2D eigenvalue weighted by Gasteiger charge is 2.40. The number of nitrogens with one attached hydrogen (secondary N) is 1. The van der Waals surface area contributed by atoms with Crippen molar-refractivity contribution < 1.29 is 4.74 Å². The Morgan fingerprint density at radius 3 is 2.82 bits per heavy atom. The van der Waals surface area contributed by atoms with Gasteiger partial charge in [-0.1, -0.05) is 13.8 Å². The summed E-state index contributed by atoms with van der Waals surface area (Å²) < 4.78 is 5.81. The minimum Gasteiger partial charge on any atom is -0.378 e. The van der Waals surface area contributed by atoms with Crippen LogP contribution in [0.15, 0.2) is 0 Å². The first-order chi connectivity index (χ1) is 8.25. The van der Waals surface area contributed by atoms with Crippen LogP contribution in [0, 0.1) is 5.41 Å². The lowest BCUT2D eigenvalue weighted by Gasteiger charge is -2.32. The molecule has 0 saturated carbocycles. The van der Waals surface area contributed by atoms with Crippen LogP contribution in [-0.4, -0.2) is 37.3 Å². The van der Waals surface area contributed by atoms with E-state index in [1.165, 1.54) is 37.2 Å². The Labute approximate surface area is 111 Å². The average molecular weight is 259 g/mol. The van der Waals surface area contributed by atoms with Crippen LogP contribution in [0.25, 0.3) is 0 Å². The molecule has 2 nitrogen and oxygen atoms in total. The Balaban J connectivity index is 2.36. The second kappa shape index (κ2) is 8.39. The third kappa shape index (κ3) is 4.80. The third-order valence-corrected chi connectivity index (χ3v) is 4.89. The summed E-state index contributed by atoms with van der Waals surface area (Å²) in [5.74, 6) is 2.55. The highest BCUT2D eigenvalue weighted by atomic mass is 32.2. The second-order valence-corrected chi connectivity index (χ2v) is 6.50. The molecule has 1 aliphatic rings. The molecule has 1 N–H and O–H groups in total. The van der Waals surface area contributed by atoms with Crippen molar-refractivity contribution in [1.82, 2.24) is 5.32 Å². The van der Waals surface area contributed by atoms with E-state index in [9.17, 15) is 0 Å². The van der Waals surface area contributed by atoms with Crippen LogP contribution in [0.2, 0.25) is 0 Å². The van der Waals surface area contributed by atoms with Crippen LogP contribution in [-0.2, 0) is 4.74 Å². The molecule has 1 rings (SSSR count). The number of hydrogen-bond acceptors (Lipinski definition) is 3. The van der Waals surface area contributed by atoms with Gasteiger partial charge in [-0.05, 0) is 50.7 Å². The number of thioether (sulfide) groups is 1. The van der Waals surface area contributed by atoms with Crippen LogP contribution in [0.1, 0.15) is 46.5 Å². The van der Waals surface area contributed by atoms with Crippen molar-refractivity contribution in [1.29, 1.82) is 0 Å². The van der Waals surface area contributed by atoms with Crippen molar-refractivity contribution in [3.05, 3.63) is 0 Å². The molecule has 0 aromatic carbocycles. The van der Waals surface area contributed by atoms with Gasteiger partial charge in [0.2, 0.25) is 0 Å². The van der Waals surface area contributed by atoms with Gasteiger partial charge in [0, 0.05) is 18.6 Å². The number of hydrogen-bond donors (Lipinski definition) is 1. The average Bonchev–Trinajstić information content (AvgIpc) is 2.68. The van der Waals surface area contributed by atoms with E-state index in [2.05, 4.69) is 37.8 Å². The monoisotopic (exact) mass is 259 g/mol. The van der Waals surface area contributed by atoms with E-state index in [0.717, 1.165) is 19.7 Å². The van der Waals surface area contributed by atoms with Crippen molar-refractivity contribution in [2.75, 3.05) is 31.2 Å². The summed E-state index contributed by atoms with van der Waals surface area (Å²) in [4.78, 5) is 0. The summed E-state index contributed by atoms with van der Waals surface area (Å²) in [7, 11) is 0. The van der Waals surface area contributed by atoms with Gasteiger partial charge < -0.3 is 10.1 Å². The van der Waals surface area contributed by atoms with E-state index >= 15 is 0 Å². The predicted octanol–water partition coefficient (Wildman–Crippen LogP) is 3.31. The molecule has 1 saturated heterocycles. The van der Waals surface area contributed by atoms with Crippen LogP contribution in [0.4, 0.5) is 0 Å². The Bertz CT molecular complexity index is 201. The van der Waals surface area contributed by atoms with Crippen LogP contribution in [0.3, 0.4) is 0 Å². The first kappa shape index (κ1) is 15.3. The van der Waals surface area contributed by atoms with E-state index < -0.39 is 0 Å². The molecule has 0 aliphatic carbocycles. The molecule has 102 valence electrons. The molecule has 17 heavy (non-hydrogen) atoms. The highest BCUT2D eigenvalue weighted by Crippen LogP contribution is 2.39. The van der Waals surface area contributed by atoms with Crippen molar-refractivity contribution in [2.45, 2.75) is 52.6 Å². The standard InChI is InChI=1S/C14H29NOS/c1-4-9-15-12-14(7-6-11-17-5-2)8-10-16-13(14)3/h13,15H,4-12H2,1-3H3. The lowest BCUT2D eigenvalue weighted by Crippen LogP contribution is -2.40. The zero-order valence-corrected chi connectivity index (χ0v) is 12.6. The van der Waals surface area contributed by atoms with Gasteiger partial charge in [-0.2, -0.15) is 11.8 Å². The molecular weight excluding hydrogens is 230 g/mol. The van der Waals surface area contributed by atoms with Gasteiger partial charge in [-0.3, -0.25) is 0 Å². The maximum atomic E-state index is 5.81. The minimum absolute atomic E-state index is 0.406. The van der Waals surface area contributed by atoms with Gasteiger partial charge in [-0.25, -0.2) is 0 Å². The van der Waals surface area contributed by atoms with Crippen LogP contribution in [0.5, 0.6) is 0 Å². The minimum atomic E-state index is 0.406. The van der Waals surface area contributed by atoms with Crippen LogP contribution >= 0.6 is 11.8 Å². The smallest absolute Gasteiger partial charge is 0.0616 e. The Morgan fingerprint density at radius 2 is 2.24 bits per heavy atom. The lowest BCUT2D eigenvalue weighted by molar-refractivity contribution is 0.0583. The Kier molecular flexibility index (Phi) is 7.56. The third-order valence-electron chi connectivity index (χ3n) is 3.90. The lowest BCUT2D eigenvalue weighted by atomic mass is 9.77. The molecule has 3 heteroatoms. The molecule has 2 atom stereocenters. The first-order valence-electron chi connectivity index (χ1n) is 7.15. The molecule has 0 amide bonds. The van der Waals surface area contributed by atoms with Gasteiger partial charge in [0.15, 0.2) is 0 Å². The van der Waals surface area contributed by atoms with Gasteiger partial charge >= 0.3 is 0 Å².